The molecule has 148 valence electrons. The van der Waals surface area contributed by atoms with Gasteiger partial charge in [0.05, 0.1) is 5.36 Å². The molecule has 0 saturated heterocycles. The molecule has 3 unspecified atom stereocenters. The zero-order valence-electron chi connectivity index (χ0n) is 16.4. The van der Waals surface area contributed by atoms with Crippen molar-refractivity contribution < 1.29 is 0 Å². The molecular formula is C24H30ClN3. The smallest absolute Gasteiger partial charge is 0.121 e. The standard InChI is InChI=1S/C24H30ClN3/c25-22-10-11-23-21(14-22)17-28(16-20-8-4-7-19(13-20)15-26)24(27-23)12-9-18-5-2-1-3-6-18/h1-3,5-6,10-11,14,17,19-20,24H,4,7-9,12-13,15-16,26H2. The van der Waals surface area contributed by atoms with Gasteiger partial charge in [0.25, 0.3) is 0 Å². The van der Waals surface area contributed by atoms with Gasteiger partial charge in [-0.1, -0.05) is 48.4 Å². The van der Waals surface area contributed by atoms with E-state index in [0.717, 1.165) is 41.5 Å². The lowest BCUT2D eigenvalue weighted by molar-refractivity contribution is 0.188. The summed E-state index contributed by atoms with van der Waals surface area (Å²) in [6, 6.07) is 16.7. The maximum Gasteiger partial charge on any atom is 0.121 e. The van der Waals surface area contributed by atoms with Crippen molar-refractivity contribution in [1.82, 2.24) is 4.90 Å². The van der Waals surface area contributed by atoms with E-state index in [1.807, 2.05) is 18.2 Å². The number of fused-ring (bicyclic) bond motifs is 1. The maximum atomic E-state index is 6.24. The van der Waals surface area contributed by atoms with E-state index in [-0.39, 0.29) is 6.17 Å². The zero-order valence-corrected chi connectivity index (χ0v) is 17.2. The Morgan fingerprint density at radius 1 is 1.07 bits per heavy atom. The van der Waals surface area contributed by atoms with Crippen LogP contribution in [0.1, 0.15) is 37.7 Å². The van der Waals surface area contributed by atoms with Crippen molar-refractivity contribution in [3.63, 3.8) is 0 Å². The summed E-state index contributed by atoms with van der Waals surface area (Å²) in [6.07, 6.45) is 9.67. The molecule has 1 aliphatic carbocycles. The molecule has 4 heteroatoms. The van der Waals surface area contributed by atoms with Crippen molar-refractivity contribution in [1.29, 1.82) is 0 Å². The second-order valence-corrected chi connectivity index (χ2v) is 8.73. The molecule has 3 nitrogen and oxygen atoms in total. The Hall–Kier alpha value is -1.84. The number of halogens is 1. The van der Waals surface area contributed by atoms with Crippen molar-refractivity contribution in [2.45, 2.75) is 44.7 Å². The van der Waals surface area contributed by atoms with E-state index in [1.54, 1.807) is 0 Å². The lowest BCUT2D eigenvalue weighted by Crippen LogP contribution is -2.44. The largest absolute Gasteiger partial charge is 0.355 e. The summed E-state index contributed by atoms with van der Waals surface area (Å²) in [7, 11) is 0. The molecule has 4 rings (SSSR count). The number of nitrogens with zero attached hydrogens (tertiary/aromatic N) is 2. The summed E-state index contributed by atoms with van der Waals surface area (Å²) in [4.78, 5) is 7.56. The number of hydrogen-bond acceptors (Lipinski definition) is 3. The van der Waals surface area contributed by atoms with Gasteiger partial charge in [-0.05, 0) is 74.2 Å². The third-order valence-electron chi connectivity index (χ3n) is 6.19. The second-order valence-electron chi connectivity index (χ2n) is 8.30. The predicted molar refractivity (Wildman–Crippen MR) is 116 cm³/mol. The van der Waals surface area contributed by atoms with Crippen LogP contribution in [0.2, 0.25) is 5.02 Å². The van der Waals surface area contributed by atoms with Crippen molar-refractivity contribution in [2.75, 3.05) is 13.1 Å². The van der Waals surface area contributed by atoms with Gasteiger partial charge in [-0.15, -0.1) is 0 Å². The van der Waals surface area contributed by atoms with Gasteiger partial charge in [0.1, 0.15) is 6.17 Å². The van der Waals surface area contributed by atoms with Crippen LogP contribution in [0.4, 0.5) is 0 Å². The van der Waals surface area contributed by atoms with Gasteiger partial charge < -0.3 is 10.6 Å². The van der Waals surface area contributed by atoms with Crippen LogP contribution >= 0.6 is 11.6 Å². The molecule has 0 aromatic heterocycles. The van der Waals surface area contributed by atoms with E-state index in [4.69, 9.17) is 22.3 Å². The molecule has 3 atom stereocenters. The molecule has 28 heavy (non-hydrogen) atoms. The lowest BCUT2D eigenvalue weighted by Gasteiger charge is -2.36. The van der Waals surface area contributed by atoms with Crippen molar-refractivity contribution in [3.8, 4) is 0 Å². The number of aryl methyl sites for hydroxylation is 1. The van der Waals surface area contributed by atoms with Gasteiger partial charge >= 0.3 is 0 Å². The quantitative estimate of drug-likeness (QED) is 0.809. The third-order valence-corrected chi connectivity index (χ3v) is 6.43. The van der Waals surface area contributed by atoms with Crippen LogP contribution in [-0.4, -0.2) is 24.2 Å². The van der Waals surface area contributed by atoms with E-state index < -0.39 is 0 Å². The molecule has 0 spiro atoms. The summed E-state index contributed by atoms with van der Waals surface area (Å²) < 4.78 is 0. The highest BCUT2D eigenvalue weighted by Gasteiger charge is 2.26. The van der Waals surface area contributed by atoms with Crippen LogP contribution in [0.25, 0.3) is 6.20 Å². The minimum atomic E-state index is 0.187. The Balaban J connectivity index is 1.54. The minimum Gasteiger partial charge on any atom is -0.355 e. The number of rotatable bonds is 6. The molecule has 2 aromatic carbocycles. The zero-order chi connectivity index (χ0) is 19.3. The van der Waals surface area contributed by atoms with Crippen molar-refractivity contribution in [3.05, 3.63) is 69.7 Å². The van der Waals surface area contributed by atoms with Crippen molar-refractivity contribution >= 4 is 17.8 Å². The van der Waals surface area contributed by atoms with Crippen LogP contribution in [0.15, 0.2) is 53.5 Å². The highest BCUT2D eigenvalue weighted by Crippen LogP contribution is 2.30. The third kappa shape index (κ3) is 4.76. The van der Waals surface area contributed by atoms with Crippen LogP contribution in [0, 0.1) is 11.8 Å². The predicted octanol–water partition coefficient (Wildman–Crippen LogP) is 3.74. The Kier molecular flexibility index (Phi) is 6.33. The highest BCUT2D eigenvalue weighted by molar-refractivity contribution is 6.30. The fourth-order valence-corrected chi connectivity index (χ4v) is 4.85. The molecule has 2 aliphatic rings. The second kappa shape index (κ2) is 9.11. The first-order chi connectivity index (χ1) is 13.7. The summed E-state index contributed by atoms with van der Waals surface area (Å²) in [5, 5.41) is 2.96. The van der Waals surface area contributed by atoms with Crippen LogP contribution in [0.3, 0.4) is 0 Å². The van der Waals surface area contributed by atoms with E-state index in [1.165, 1.54) is 31.2 Å². The van der Waals surface area contributed by atoms with E-state index >= 15 is 0 Å². The summed E-state index contributed by atoms with van der Waals surface area (Å²) >= 11 is 6.24. The summed E-state index contributed by atoms with van der Waals surface area (Å²) in [6.45, 7) is 1.88. The van der Waals surface area contributed by atoms with Gasteiger partial charge in [0.15, 0.2) is 0 Å². The molecule has 1 saturated carbocycles. The normalized spacial score (nSPS) is 24.2. The van der Waals surface area contributed by atoms with Crippen molar-refractivity contribution in [2.24, 2.45) is 22.6 Å². The van der Waals surface area contributed by atoms with Gasteiger partial charge in [0.2, 0.25) is 0 Å². The molecule has 1 heterocycles. The van der Waals surface area contributed by atoms with E-state index in [2.05, 4.69) is 41.4 Å². The Bertz CT molecular complexity index is 896. The first kappa shape index (κ1) is 19.5. The van der Waals surface area contributed by atoms with E-state index in [0.29, 0.717) is 11.8 Å². The fraction of sp³-hybridized carbons (Fsp3) is 0.458. The summed E-state index contributed by atoms with van der Waals surface area (Å²) in [5.74, 6) is 1.39. The Morgan fingerprint density at radius 2 is 1.89 bits per heavy atom. The van der Waals surface area contributed by atoms with Gasteiger partial charge in [0, 0.05) is 23.0 Å². The number of hydrogen-bond donors (Lipinski definition) is 1. The van der Waals surface area contributed by atoms with Crippen LogP contribution in [0.5, 0.6) is 0 Å². The molecule has 0 bridgehead atoms. The average Bonchev–Trinajstić information content (AvgIpc) is 2.73. The van der Waals surface area contributed by atoms with Crippen LogP contribution in [-0.2, 0) is 6.42 Å². The minimum absolute atomic E-state index is 0.187. The highest BCUT2D eigenvalue weighted by atomic mass is 35.5. The number of benzene rings is 2. The molecule has 1 aliphatic heterocycles. The first-order valence-corrected chi connectivity index (χ1v) is 10.9. The molecule has 0 radical (unpaired) electrons. The molecular weight excluding hydrogens is 366 g/mol. The van der Waals surface area contributed by atoms with Gasteiger partial charge in [-0.3, -0.25) is 4.99 Å². The van der Waals surface area contributed by atoms with Crippen LogP contribution < -0.4 is 16.3 Å². The molecule has 0 amide bonds. The SMILES string of the molecule is NCC1CCCC(CN2C=c3cc(Cl)ccc3=NC2CCc2ccccc2)C1. The summed E-state index contributed by atoms with van der Waals surface area (Å²) in [5.41, 5.74) is 7.34. The fourth-order valence-electron chi connectivity index (χ4n) is 4.67. The van der Waals surface area contributed by atoms with E-state index in [9.17, 15) is 0 Å². The topological polar surface area (TPSA) is 41.6 Å². The number of nitrogens with two attached hydrogens (primary N) is 1. The van der Waals surface area contributed by atoms with Gasteiger partial charge in [-0.25, -0.2) is 0 Å². The molecule has 1 fully saturated rings. The molecule has 2 N–H and O–H groups in total. The Morgan fingerprint density at radius 3 is 2.71 bits per heavy atom. The Labute approximate surface area is 172 Å². The monoisotopic (exact) mass is 395 g/mol. The first-order valence-electron chi connectivity index (χ1n) is 10.6. The average molecular weight is 396 g/mol. The van der Waals surface area contributed by atoms with Gasteiger partial charge in [-0.2, -0.15) is 0 Å². The lowest BCUT2D eigenvalue weighted by atomic mass is 9.81. The molecule has 2 aromatic rings. The maximum absolute atomic E-state index is 6.24.